The fraction of sp³-hybridized carbons (Fsp3) is 0.0238. The van der Waals surface area contributed by atoms with Crippen LogP contribution in [0.2, 0.25) is 0 Å². The zero-order valence-corrected chi connectivity index (χ0v) is 22.4. The van der Waals surface area contributed by atoms with E-state index < -0.39 is 5.97 Å². The SMILES string of the molecule is C#CC#CC#CC#CC#CC#CC#CC#CC#CC#CC#CC#CC#CC#CC#CC#CC#CC#CC#CC#COC(C)=O. The van der Waals surface area contributed by atoms with Crippen LogP contribution in [-0.2, 0) is 9.53 Å². The highest BCUT2D eigenvalue weighted by molar-refractivity contribution is 5.67. The van der Waals surface area contributed by atoms with Gasteiger partial charge in [0.1, 0.15) is 6.11 Å². The maximum absolute atomic E-state index is 10.5. The van der Waals surface area contributed by atoms with Gasteiger partial charge >= 0.3 is 5.97 Å². The van der Waals surface area contributed by atoms with Gasteiger partial charge in [0.05, 0.1) is 0 Å². The maximum Gasteiger partial charge on any atom is 0.316 e. The molecule has 0 saturated carbocycles. The number of rotatable bonds is 0. The Bertz CT molecular complexity index is 2500. The number of esters is 1. The van der Waals surface area contributed by atoms with Crippen molar-refractivity contribution in [2.45, 2.75) is 6.92 Å². The molecule has 0 aliphatic heterocycles. The van der Waals surface area contributed by atoms with E-state index in [9.17, 15) is 4.79 Å². The largest absolute Gasteiger partial charge is 0.371 e. The molecule has 0 saturated heterocycles. The van der Waals surface area contributed by atoms with E-state index >= 15 is 0 Å². The Labute approximate surface area is 259 Å². The predicted molar refractivity (Wildman–Crippen MR) is 168 cm³/mol. The molecule has 0 bridgehead atoms. The first-order valence-corrected chi connectivity index (χ1v) is 10.9. The van der Waals surface area contributed by atoms with Crippen LogP contribution in [0.5, 0.6) is 0 Å². The molecular formula is C42H4O2. The molecule has 0 rings (SSSR count). The summed E-state index contributed by atoms with van der Waals surface area (Å²) in [6.07, 6.45) is 7.02. The smallest absolute Gasteiger partial charge is 0.316 e. The van der Waals surface area contributed by atoms with Gasteiger partial charge in [-0.15, -0.1) is 6.42 Å². The number of ether oxygens (including phenoxy) is 1. The number of hydrogen-bond acceptors (Lipinski definition) is 2. The van der Waals surface area contributed by atoms with Gasteiger partial charge in [-0.25, -0.2) is 0 Å². The van der Waals surface area contributed by atoms with E-state index in [4.69, 9.17) is 6.42 Å². The summed E-state index contributed by atoms with van der Waals surface area (Å²) >= 11 is 0. The zero-order valence-electron chi connectivity index (χ0n) is 22.4. The van der Waals surface area contributed by atoms with Crippen molar-refractivity contribution < 1.29 is 9.53 Å². The van der Waals surface area contributed by atoms with Crippen molar-refractivity contribution in [2.75, 3.05) is 0 Å². The molecule has 2 nitrogen and oxygen atoms in total. The van der Waals surface area contributed by atoms with Crippen LogP contribution >= 0.6 is 0 Å². The van der Waals surface area contributed by atoms with E-state index in [1.54, 1.807) is 0 Å². The predicted octanol–water partition coefficient (Wildman–Crippen LogP) is 0.205. The maximum atomic E-state index is 10.5. The van der Waals surface area contributed by atoms with Crippen LogP contribution in [-0.4, -0.2) is 5.97 Å². The second-order valence-electron chi connectivity index (χ2n) is 5.47. The van der Waals surface area contributed by atoms with Crippen LogP contribution in [0, 0.1) is 238 Å². The quantitative estimate of drug-likeness (QED) is 0.325. The molecule has 0 aliphatic rings. The summed E-state index contributed by atoms with van der Waals surface area (Å²) in [5.41, 5.74) is 0. The van der Waals surface area contributed by atoms with Crippen molar-refractivity contribution >= 4 is 5.97 Å². The highest BCUT2D eigenvalue weighted by Crippen LogP contribution is 1.68. The summed E-state index contributed by atoms with van der Waals surface area (Å²) in [5, 5.41) is 0. The van der Waals surface area contributed by atoms with Crippen molar-refractivity contribution in [2.24, 2.45) is 0 Å². The summed E-state index contributed by atoms with van der Waals surface area (Å²) in [7, 11) is 0. The molecule has 0 N–H and O–H groups in total. The monoisotopic (exact) mass is 540 g/mol. The van der Waals surface area contributed by atoms with E-state index in [2.05, 4.69) is 236 Å². The van der Waals surface area contributed by atoms with Crippen LogP contribution in [0.3, 0.4) is 0 Å². The van der Waals surface area contributed by atoms with Crippen molar-refractivity contribution in [3.63, 3.8) is 0 Å². The Morgan fingerprint density at radius 1 is 0.318 bits per heavy atom. The highest BCUT2D eigenvalue weighted by atomic mass is 16.5. The summed E-state index contributed by atoms with van der Waals surface area (Å²) in [4.78, 5) is 10.5. The second kappa shape index (κ2) is 31.7. The third-order valence-corrected chi connectivity index (χ3v) is 2.57. The van der Waals surface area contributed by atoms with Crippen molar-refractivity contribution in [1.82, 2.24) is 0 Å². The van der Waals surface area contributed by atoms with Gasteiger partial charge in [-0.1, -0.05) is 0 Å². The third kappa shape index (κ3) is 32.7. The molecule has 44 heavy (non-hydrogen) atoms. The molecular weight excluding hydrogens is 536 g/mol. The molecule has 0 heterocycles. The topological polar surface area (TPSA) is 26.3 Å². The van der Waals surface area contributed by atoms with Crippen LogP contribution in [0.15, 0.2) is 0 Å². The molecule has 0 spiro atoms. The van der Waals surface area contributed by atoms with Gasteiger partial charge in [0.15, 0.2) is 0 Å². The third-order valence-electron chi connectivity index (χ3n) is 2.57. The first-order chi connectivity index (χ1) is 21.8. The van der Waals surface area contributed by atoms with E-state index in [1.165, 1.54) is 6.92 Å². The lowest BCUT2D eigenvalue weighted by Crippen LogP contribution is -1.89. The molecule has 2 heteroatoms. The minimum atomic E-state index is -0.519. The van der Waals surface area contributed by atoms with Crippen LogP contribution < -0.4 is 0 Å². The van der Waals surface area contributed by atoms with Gasteiger partial charge in [-0.3, -0.25) is 4.79 Å². The molecule has 0 aromatic rings. The van der Waals surface area contributed by atoms with E-state index in [1.807, 2.05) is 0 Å². The van der Waals surface area contributed by atoms with Crippen molar-refractivity contribution in [1.29, 1.82) is 0 Å². The number of carbonyl (C=O) groups excluding carboxylic acids is 1. The van der Waals surface area contributed by atoms with Crippen molar-refractivity contribution in [3.8, 4) is 238 Å². The zero-order chi connectivity index (χ0) is 31.9. The summed E-state index contributed by atoms with van der Waals surface area (Å²) < 4.78 is 4.36. The molecule has 0 aliphatic carbocycles. The number of terminal acetylenes is 1. The molecule has 0 unspecified atom stereocenters. The fourth-order valence-electron chi connectivity index (χ4n) is 1.25. The van der Waals surface area contributed by atoms with Gasteiger partial charge in [0.25, 0.3) is 0 Å². The van der Waals surface area contributed by atoms with Gasteiger partial charge in [-0.2, -0.15) is 0 Å². The Hall–Kier alpha value is -9.33. The number of hydrogen-bond donors (Lipinski definition) is 0. The molecule has 0 amide bonds. The molecule has 0 aromatic heterocycles. The van der Waals surface area contributed by atoms with Crippen molar-refractivity contribution in [3.05, 3.63) is 0 Å². The Morgan fingerprint density at radius 2 is 0.477 bits per heavy atom. The highest BCUT2D eigenvalue weighted by Gasteiger charge is 1.81. The summed E-state index contributed by atoms with van der Waals surface area (Å²) in [6, 6.07) is 0. The fourth-order valence-corrected chi connectivity index (χ4v) is 1.25. The van der Waals surface area contributed by atoms with Gasteiger partial charge in [-0.05, 0) is 47.4 Å². The van der Waals surface area contributed by atoms with E-state index in [0.717, 1.165) is 0 Å². The second-order valence-corrected chi connectivity index (χ2v) is 5.47. The Balaban J connectivity index is 4.52. The Morgan fingerprint density at radius 3 is 0.636 bits per heavy atom. The molecule has 0 aromatic carbocycles. The van der Waals surface area contributed by atoms with Gasteiger partial charge in [0.2, 0.25) is 0 Å². The average molecular weight is 540 g/mol. The lowest BCUT2D eigenvalue weighted by molar-refractivity contribution is -0.134. The molecule has 0 fully saturated rings. The lowest BCUT2D eigenvalue weighted by Gasteiger charge is -1.79. The van der Waals surface area contributed by atoms with Crippen LogP contribution in [0.1, 0.15) is 6.92 Å². The van der Waals surface area contributed by atoms with Crippen LogP contribution in [0.25, 0.3) is 0 Å². The minimum absolute atomic E-state index is 0.519. The average Bonchev–Trinajstić information content (AvgIpc) is 3.02. The normalized spacial score (nSPS) is 4.27. The lowest BCUT2D eigenvalue weighted by atomic mass is 10.4. The summed E-state index contributed by atoms with van der Waals surface area (Å²) in [5.74, 6) is 92.6. The van der Waals surface area contributed by atoms with E-state index in [-0.39, 0.29) is 0 Å². The van der Waals surface area contributed by atoms with Gasteiger partial charge < -0.3 is 4.74 Å². The first-order valence-electron chi connectivity index (χ1n) is 10.9. The standard InChI is InChI=1S/C42H4O2/c1-3-4-5-6-7-8-9-10-11-12-13-14-15-16-17-18-19-20-21-22-23-24-25-26-27-28-29-30-31-32-33-34-35-36-37-38-39-40-41-44-42(2)43/h1H,2H3. The first kappa shape index (κ1) is 34.7. The minimum Gasteiger partial charge on any atom is -0.371 e. The molecule has 0 radical (unpaired) electrons. The van der Waals surface area contributed by atoms with E-state index in [0.29, 0.717) is 0 Å². The van der Waals surface area contributed by atoms with Crippen LogP contribution in [0.4, 0.5) is 0 Å². The van der Waals surface area contributed by atoms with Gasteiger partial charge in [0, 0.05) is 185 Å². The molecule has 184 valence electrons. The Kier molecular flexibility index (Phi) is 25.0. The number of carbonyl (C=O) groups is 1. The molecule has 0 atom stereocenters. The summed E-state index contributed by atoms with van der Waals surface area (Å²) in [6.45, 7) is 1.23.